The molecule has 3 aliphatic heterocycles. The maximum Gasteiger partial charge on any atom is 0.260 e. The summed E-state index contributed by atoms with van der Waals surface area (Å²) in [5.41, 5.74) is 6.31. The second-order valence-electron chi connectivity index (χ2n) is 11.7. The molecule has 0 spiro atoms. The topological polar surface area (TPSA) is 132 Å². The molecule has 1 atom stereocenters. The third-order valence-corrected chi connectivity index (χ3v) is 11.0. The van der Waals surface area contributed by atoms with Crippen LogP contribution in [-0.4, -0.2) is 47.3 Å². The van der Waals surface area contributed by atoms with E-state index in [4.69, 9.17) is 5.53 Å². The highest BCUT2D eigenvalue weighted by atomic mass is 31.2. The minimum absolute atomic E-state index is 0.0197. The largest absolute Gasteiger partial charge is 0.545 e. The van der Waals surface area contributed by atoms with Crippen LogP contribution in [0.4, 0.5) is 24.5 Å². The summed E-state index contributed by atoms with van der Waals surface area (Å²) >= 11 is 0. The third-order valence-electron chi connectivity index (χ3n) is 8.99. The quantitative estimate of drug-likeness (QED) is 0.110. The van der Waals surface area contributed by atoms with Gasteiger partial charge in [0.05, 0.1) is 16.6 Å². The maximum atomic E-state index is 16.2. The highest BCUT2D eigenvalue weighted by molar-refractivity contribution is 7.71. The van der Waals surface area contributed by atoms with Gasteiger partial charge >= 0.3 is 0 Å². The van der Waals surface area contributed by atoms with Crippen LogP contribution < -0.4 is 15.3 Å². The minimum atomic E-state index is -4.41. The Hall–Kier alpha value is -4.11. The van der Waals surface area contributed by atoms with Crippen LogP contribution in [-0.2, 0) is 4.57 Å². The van der Waals surface area contributed by atoms with Crippen molar-refractivity contribution in [1.29, 1.82) is 0 Å². The average molecular weight is 638 g/mol. The predicted molar refractivity (Wildman–Crippen MR) is 163 cm³/mol. The van der Waals surface area contributed by atoms with Gasteiger partial charge in [-0.05, 0) is 60.6 Å². The predicted octanol–water partition coefficient (Wildman–Crippen LogP) is 5.98. The van der Waals surface area contributed by atoms with E-state index in [0.717, 1.165) is 77.5 Å². The van der Waals surface area contributed by atoms with Crippen molar-refractivity contribution < 1.29 is 37.1 Å². The number of fused-ring (bicyclic) bond motifs is 2. The number of allylic oxidation sites excluding steroid dienone is 5. The number of carbonyl (C=O) groups is 1. The fraction of sp³-hybridized carbons (Fsp3) is 0.375. The van der Waals surface area contributed by atoms with E-state index in [1.807, 2.05) is 0 Å². The number of aromatic carboxylic acids is 1. The van der Waals surface area contributed by atoms with Gasteiger partial charge in [-0.3, -0.25) is 4.57 Å². The molecular weight excluding hydrogens is 606 g/mol. The maximum absolute atomic E-state index is 16.2. The van der Waals surface area contributed by atoms with Gasteiger partial charge in [0, 0.05) is 65.4 Å². The van der Waals surface area contributed by atoms with Gasteiger partial charge in [0.2, 0.25) is 5.71 Å². The number of carboxylic acids is 1. The number of azide groups is 1. The van der Waals surface area contributed by atoms with E-state index < -0.39 is 47.6 Å². The Bertz CT molecular complexity index is 1830. The average Bonchev–Trinajstić information content (AvgIpc) is 3.48. The van der Waals surface area contributed by atoms with Gasteiger partial charge in [-0.1, -0.05) is 24.0 Å². The molecule has 13 heteroatoms. The van der Waals surface area contributed by atoms with Crippen LogP contribution in [0.5, 0.6) is 0 Å². The summed E-state index contributed by atoms with van der Waals surface area (Å²) in [4.78, 5) is 28.6. The molecule has 1 unspecified atom stereocenters. The molecule has 6 rings (SSSR count). The number of halogens is 3. The summed E-state index contributed by atoms with van der Waals surface area (Å²) in [5, 5.41) is 15.1. The van der Waals surface area contributed by atoms with Crippen LogP contribution in [0.3, 0.4) is 0 Å². The Balaban J connectivity index is 1.69. The lowest BCUT2D eigenvalue weighted by Crippen LogP contribution is -2.30. The summed E-state index contributed by atoms with van der Waals surface area (Å²) in [7, 11) is -4.41. The fourth-order valence-electron chi connectivity index (χ4n) is 6.77. The lowest BCUT2D eigenvalue weighted by atomic mass is 9.86. The van der Waals surface area contributed by atoms with Crippen molar-refractivity contribution in [3.8, 4) is 0 Å². The van der Waals surface area contributed by atoms with Gasteiger partial charge in [-0.25, -0.2) is 17.7 Å². The number of rotatable bonds is 4. The molecule has 1 aliphatic carbocycles. The number of benzene rings is 2. The second kappa shape index (κ2) is 12.4. The molecule has 2 saturated heterocycles. The smallest absolute Gasteiger partial charge is 0.260 e. The van der Waals surface area contributed by atoms with Crippen molar-refractivity contribution in [3.05, 3.63) is 91.9 Å². The zero-order valence-electron chi connectivity index (χ0n) is 24.4. The first kappa shape index (κ1) is 30.9. The number of carboxylic acid groups (broad SMARTS) is 1. The SMILES string of the molecule is [N-]=[N+]=Nc1c(F)c(F)c(C(=O)[O-])c(C2=C3C=CC(=[N+]4CCCCCC4)C=C3P(=O)(O)c3cc(N4CCCCCC4)ccc32)c1F. The summed E-state index contributed by atoms with van der Waals surface area (Å²) in [6.07, 6.45) is 12.7. The van der Waals surface area contributed by atoms with Crippen LogP contribution in [0.25, 0.3) is 16.0 Å². The minimum Gasteiger partial charge on any atom is -0.545 e. The van der Waals surface area contributed by atoms with E-state index in [-0.39, 0.29) is 27.3 Å². The summed E-state index contributed by atoms with van der Waals surface area (Å²) in [5.74, 6) is -7.78. The Kier molecular flexibility index (Phi) is 8.48. The molecule has 1 N–H and O–H groups in total. The van der Waals surface area contributed by atoms with E-state index in [1.54, 1.807) is 24.3 Å². The van der Waals surface area contributed by atoms with E-state index in [0.29, 0.717) is 11.4 Å². The van der Waals surface area contributed by atoms with Gasteiger partial charge in [0.25, 0.3) is 7.37 Å². The van der Waals surface area contributed by atoms with Crippen molar-refractivity contribution in [2.24, 2.45) is 5.11 Å². The van der Waals surface area contributed by atoms with Crippen LogP contribution in [0, 0.1) is 17.5 Å². The highest BCUT2D eigenvalue weighted by Crippen LogP contribution is 2.60. The van der Waals surface area contributed by atoms with Gasteiger partial charge in [0.1, 0.15) is 24.6 Å². The molecule has 9 nitrogen and oxygen atoms in total. The molecule has 0 aromatic heterocycles. The molecule has 45 heavy (non-hydrogen) atoms. The number of hydrogen-bond acceptors (Lipinski definition) is 5. The normalized spacial score (nSPS) is 21.8. The Morgan fingerprint density at radius 1 is 0.978 bits per heavy atom. The van der Waals surface area contributed by atoms with Crippen LogP contribution >= 0.6 is 7.37 Å². The molecule has 234 valence electrons. The molecule has 2 aromatic rings. The van der Waals surface area contributed by atoms with Crippen molar-refractivity contribution in [2.75, 3.05) is 31.1 Å². The number of anilines is 1. The Morgan fingerprint density at radius 3 is 2.29 bits per heavy atom. The molecule has 0 amide bonds. The molecular formula is C32H31F3N5O4P. The van der Waals surface area contributed by atoms with E-state index in [9.17, 15) is 23.7 Å². The highest BCUT2D eigenvalue weighted by Gasteiger charge is 2.43. The zero-order valence-corrected chi connectivity index (χ0v) is 25.3. The van der Waals surface area contributed by atoms with Crippen LogP contribution in [0.15, 0.2) is 52.4 Å². The van der Waals surface area contributed by atoms with Gasteiger partial charge in [-0.2, -0.15) is 0 Å². The number of carbonyl (C=O) groups excluding carboxylic acids is 1. The van der Waals surface area contributed by atoms with Crippen LogP contribution in [0.1, 0.15) is 72.9 Å². The fourth-order valence-corrected chi connectivity index (χ4v) is 8.67. The number of nitrogens with zero attached hydrogens (tertiary/aromatic N) is 5. The Labute approximate surface area is 257 Å². The van der Waals surface area contributed by atoms with Crippen LogP contribution in [0.2, 0.25) is 0 Å². The molecule has 3 heterocycles. The monoisotopic (exact) mass is 637 g/mol. The lowest BCUT2D eigenvalue weighted by Gasteiger charge is -2.33. The first-order valence-corrected chi connectivity index (χ1v) is 16.8. The zero-order chi connectivity index (χ0) is 31.9. The van der Waals surface area contributed by atoms with Crippen molar-refractivity contribution >= 4 is 41.3 Å². The van der Waals surface area contributed by atoms with Crippen molar-refractivity contribution in [2.45, 2.75) is 51.4 Å². The first-order chi connectivity index (χ1) is 21.6. The summed E-state index contributed by atoms with van der Waals surface area (Å²) < 4.78 is 63.0. The standard InChI is InChI=1S/C32H31F3N5O4P/c33-28-27(32(41)42)26(29(34)31(30(28)35)37-38-36)25-21-11-9-19(39-13-5-1-2-6-14-39)17-23(21)45(43,44)24-18-20(10-12-22(24)25)40-15-7-3-4-8-16-40/h9-12,17-18H,1-8,13-16H2,(H-,41,42,43,44). The van der Waals surface area contributed by atoms with Gasteiger partial charge < -0.3 is 19.7 Å². The molecule has 0 saturated carbocycles. The van der Waals surface area contributed by atoms with Crippen molar-refractivity contribution in [3.63, 3.8) is 0 Å². The van der Waals surface area contributed by atoms with Gasteiger partial charge in [0.15, 0.2) is 11.6 Å². The summed E-state index contributed by atoms with van der Waals surface area (Å²) in [6.45, 7) is 2.90. The van der Waals surface area contributed by atoms with Crippen molar-refractivity contribution in [1.82, 2.24) is 0 Å². The van der Waals surface area contributed by atoms with E-state index in [2.05, 4.69) is 19.5 Å². The first-order valence-electron chi connectivity index (χ1n) is 15.1. The molecule has 4 aliphatic rings. The Morgan fingerprint density at radius 2 is 1.64 bits per heavy atom. The third kappa shape index (κ3) is 5.41. The molecule has 0 bridgehead atoms. The number of hydrogen-bond donors (Lipinski definition) is 1. The lowest BCUT2D eigenvalue weighted by molar-refractivity contribution is -0.524. The molecule has 2 aromatic carbocycles. The summed E-state index contributed by atoms with van der Waals surface area (Å²) in [6, 6.07) is 4.71. The second-order valence-corrected chi connectivity index (χ2v) is 13.8. The van der Waals surface area contributed by atoms with Gasteiger partial charge in [-0.15, -0.1) is 0 Å². The van der Waals surface area contributed by atoms with E-state index >= 15 is 8.78 Å². The molecule has 2 fully saturated rings. The van der Waals surface area contributed by atoms with E-state index in [1.165, 1.54) is 12.1 Å². The molecule has 0 radical (unpaired) electrons.